The fraction of sp³-hybridized carbons (Fsp3) is 0.611. The molecule has 1 amide bonds. The minimum absolute atomic E-state index is 0. The van der Waals surface area contributed by atoms with Crippen molar-refractivity contribution in [3.63, 3.8) is 0 Å². The largest absolute Gasteiger partial charge is 0.379 e. The number of hydrogen-bond donors (Lipinski definition) is 2. The highest BCUT2D eigenvalue weighted by atomic mass is 35.5. The molecule has 0 saturated carbocycles. The topological polar surface area (TPSA) is 53.6 Å². The summed E-state index contributed by atoms with van der Waals surface area (Å²) in [5.74, 6) is 0.305. The summed E-state index contributed by atoms with van der Waals surface area (Å²) in [7, 11) is 0. The Hall–Kier alpha value is -0.920. The molecule has 2 atom stereocenters. The quantitative estimate of drug-likeness (QED) is 0.757. The van der Waals surface area contributed by atoms with Crippen LogP contribution in [0.5, 0.6) is 0 Å². The van der Waals surface area contributed by atoms with Crippen LogP contribution in [0.4, 0.5) is 4.39 Å². The average Bonchev–Trinajstić information content (AvgIpc) is 2.56. The van der Waals surface area contributed by atoms with Gasteiger partial charge in [-0.15, -0.1) is 24.8 Å². The van der Waals surface area contributed by atoms with Gasteiger partial charge < -0.3 is 15.4 Å². The van der Waals surface area contributed by atoms with Gasteiger partial charge in [0.15, 0.2) is 0 Å². The monoisotopic (exact) mass is 407 g/mol. The van der Waals surface area contributed by atoms with Crippen LogP contribution in [0.15, 0.2) is 24.3 Å². The SMILES string of the molecule is CC(C(=O)NCC(c1ccc(F)cc1)N1CCOCC1)C1CNC1.Cl.Cl. The number of hydrogen-bond acceptors (Lipinski definition) is 4. The van der Waals surface area contributed by atoms with Crippen molar-refractivity contribution in [1.29, 1.82) is 0 Å². The van der Waals surface area contributed by atoms with E-state index in [1.807, 2.05) is 6.92 Å². The van der Waals surface area contributed by atoms with Crippen LogP contribution in [0.25, 0.3) is 0 Å². The van der Waals surface area contributed by atoms with Crippen LogP contribution >= 0.6 is 24.8 Å². The van der Waals surface area contributed by atoms with Crippen LogP contribution < -0.4 is 10.6 Å². The zero-order chi connectivity index (χ0) is 16.9. The van der Waals surface area contributed by atoms with E-state index >= 15 is 0 Å². The fourth-order valence-corrected chi connectivity index (χ4v) is 3.27. The Morgan fingerprint density at radius 2 is 1.88 bits per heavy atom. The minimum atomic E-state index is -0.241. The molecular weight excluding hydrogens is 380 g/mol. The van der Waals surface area contributed by atoms with Crippen LogP contribution in [0.3, 0.4) is 0 Å². The van der Waals surface area contributed by atoms with Crippen molar-refractivity contribution in [3.05, 3.63) is 35.6 Å². The lowest BCUT2D eigenvalue weighted by Gasteiger charge is -2.36. The molecule has 2 fully saturated rings. The maximum atomic E-state index is 13.2. The van der Waals surface area contributed by atoms with Crippen LogP contribution in [-0.4, -0.2) is 56.7 Å². The van der Waals surface area contributed by atoms with E-state index in [0.717, 1.165) is 31.7 Å². The Kier molecular flexibility index (Phi) is 9.82. The van der Waals surface area contributed by atoms with Crippen molar-refractivity contribution in [2.45, 2.75) is 13.0 Å². The number of carbonyl (C=O) groups excluding carboxylic acids is 1. The Morgan fingerprint density at radius 1 is 1.27 bits per heavy atom. The molecule has 26 heavy (non-hydrogen) atoms. The van der Waals surface area contributed by atoms with Gasteiger partial charge in [-0.05, 0) is 36.7 Å². The Labute approximate surface area is 166 Å². The summed E-state index contributed by atoms with van der Waals surface area (Å²) in [6.07, 6.45) is 0. The molecule has 1 aromatic rings. The van der Waals surface area contributed by atoms with Crippen LogP contribution in [0.1, 0.15) is 18.5 Å². The summed E-state index contributed by atoms with van der Waals surface area (Å²) >= 11 is 0. The minimum Gasteiger partial charge on any atom is -0.379 e. The Bertz CT molecular complexity index is 552. The third-order valence-electron chi connectivity index (χ3n) is 5.14. The number of morpholine rings is 1. The first-order valence-corrected chi connectivity index (χ1v) is 8.71. The summed E-state index contributed by atoms with van der Waals surface area (Å²) < 4.78 is 18.7. The molecule has 0 spiro atoms. The van der Waals surface area contributed by atoms with Gasteiger partial charge in [-0.25, -0.2) is 4.39 Å². The van der Waals surface area contributed by atoms with Crippen molar-refractivity contribution in [1.82, 2.24) is 15.5 Å². The molecule has 2 saturated heterocycles. The fourth-order valence-electron chi connectivity index (χ4n) is 3.27. The van der Waals surface area contributed by atoms with Gasteiger partial charge >= 0.3 is 0 Å². The van der Waals surface area contributed by atoms with Gasteiger partial charge in [-0.3, -0.25) is 9.69 Å². The van der Waals surface area contributed by atoms with Crippen molar-refractivity contribution in [2.24, 2.45) is 11.8 Å². The number of ether oxygens (including phenoxy) is 1. The van der Waals surface area contributed by atoms with Gasteiger partial charge in [-0.2, -0.15) is 0 Å². The zero-order valence-electron chi connectivity index (χ0n) is 14.9. The van der Waals surface area contributed by atoms with Gasteiger partial charge in [0.1, 0.15) is 5.82 Å². The predicted molar refractivity (Wildman–Crippen MR) is 105 cm³/mol. The number of carbonyl (C=O) groups is 1. The molecule has 3 rings (SSSR count). The van der Waals surface area contributed by atoms with Crippen molar-refractivity contribution in [3.8, 4) is 0 Å². The average molecular weight is 408 g/mol. The van der Waals surface area contributed by atoms with Crippen molar-refractivity contribution >= 4 is 30.7 Å². The van der Waals surface area contributed by atoms with Gasteiger partial charge in [0, 0.05) is 25.6 Å². The molecular formula is C18H28Cl2FN3O2. The number of benzene rings is 1. The lowest BCUT2D eigenvalue weighted by molar-refractivity contribution is -0.127. The van der Waals surface area contributed by atoms with Gasteiger partial charge in [0.25, 0.3) is 0 Å². The number of nitrogens with zero attached hydrogens (tertiary/aromatic N) is 1. The highest BCUT2D eigenvalue weighted by Crippen LogP contribution is 2.22. The molecule has 1 aromatic carbocycles. The molecule has 0 radical (unpaired) electrons. The number of amides is 1. The maximum absolute atomic E-state index is 13.2. The van der Waals surface area contributed by atoms with Crippen LogP contribution in [-0.2, 0) is 9.53 Å². The predicted octanol–water partition coefficient (Wildman–Crippen LogP) is 2.01. The number of nitrogens with one attached hydrogen (secondary N) is 2. The smallest absolute Gasteiger partial charge is 0.223 e. The Balaban J connectivity index is 0.00000169. The standard InChI is InChI=1S/C18H26FN3O2.2ClH/c1-13(15-10-20-11-15)18(23)21-12-17(22-6-8-24-9-7-22)14-2-4-16(19)5-3-14;;/h2-5,13,15,17,20H,6-12H2,1H3,(H,21,23);2*1H. The highest BCUT2D eigenvalue weighted by molar-refractivity contribution is 5.85. The molecule has 2 heterocycles. The summed E-state index contributed by atoms with van der Waals surface area (Å²) in [6.45, 7) is 7.38. The first kappa shape index (κ1) is 23.1. The lowest BCUT2D eigenvalue weighted by atomic mass is 9.88. The third-order valence-corrected chi connectivity index (χ3v) is 5.14. The molecule has 148 valence electrons. The van der Waals surface area contributed by atoms with E-state index in [0.29, 0.717) is 25.7 Å². The summed E-state index contributed by atoms with van der Waals surface area (Å²) in [6, 6.07) is 6.62. The molecule has 0 aliphatic carbocycles. The summed E-state index contributed by atoms with van der Waals surface area (Å²) in [4.78, 5) is 14.7. The number of rotatable bonds is 6. The van der Waals surface area contributed by atoms with E-state index in [4.69, 9.17) is 4.74 Å². The van der Waals surface area contributed by atoms with Crippen LogP contribution in [0.2, 0.25) is 0 Å². The highest BCUT2D eigenvalue weighted by Gasteiger charge is 2.30. The summed E-state index contributed by atoms with van der Waals surface area (Å²) in [5, 5.41) is 6.31. The van der Waals surface area contributed by atoms with E-state index < -0.39 is 0 Å². The first-order chi connectivity index (χ1) is 11.6. The molecule has 2 unspecified atom stereocenters. The second-order valence-corrected chi connectivity index (χ2v) is 6.67. The molecule has 2 N–H and O–H groups in total. The maximum Gasteiger partial charge on any atom is 0.223 e. The van der Waals surface area contributed by atoms with Gasteiger partial charge in [0.2, 0.25) is 5.91 Å². The summed E-state index contributed by atoms with van der Waals surface area (Å²) in [5.41, 5.74) is 1.02. The van der Waals surface area contributed by atoms with Crippen molar-refractivity contribution < 1.29 is 13.9 Å². The Morgan fingerprint density at radius 3 is 2.42 bits per heavy atom. The number of halogens is 3. The van der Waals surface area contributed by atoms with Crippen molar-refractivity contribution in [2.75, 3.05) is 45.9 Å². The zero-order valence-corrected chi connectivity index (χ0v) is 16.6. The molecule has 2 aliphatic heterocycles. The second-order valence-electron chi connectivity index (χ2n) is 6.67. The normalized spacial score (nSPS) is 20.1. The molecule has 0 bridgehead atoms. The van der Waals surface area contributed by atoms with E-state index in [1.165, 1.54) is 12.1 Å². The van der Waals surface area contributed by atoms with E-state index in [-0.39, 0.29) is 48.5 Å². The lowest BCUT2D eigenvalue weighted by Crippen LogP contribution is -2.51. The van der Waals surface area contributed by atoms with Gasteiger partial charge in [-0.1, -0.05) is 19.1 Å². The van der Waals surface area contributed by atoms with E-state index in [2.05, 4.69) is 15.5 Å². The molecule has 0 aromatic heterocycles. The molecule has 5 nitrogen and oxygen atoms in total. The molecule has 2 aliphatic rings. The van der Waals surface area contributed by atoms with Crippen LogP contribution in [0, 0.1) is 17.7 Å². The third kappa shape index (κ3) is 5.79. The van der Waals surface area contributed by atoms with E-state index in [9.17, 15) is 9.18 Å². The van der Waals surface area contributed by atoms with E-state index in [1.54, 1.807) is 12.1 Å². The van der Waals surface area contributed by atoms with Gasteiger partial charge in [0.05, 0.1) is 19.3 Å². The first-order valence-electron chi connectivity index (χ1n) is 8.71. The second kappa shape index (κ2) is 11.0. The molecule has 8 heteroatoms.